The molecule has 2 fully saturated rings. The van der Waals surface area contributed by atoms with Crippen LogP contribution < -0.4 is 4.90 Å². The summed E-state index contributed by atoms with van der Waals surface area (Å²) in [5.74, 6) is 0.572. The van der Waals surface area contributed by atoms with Gasteiger partial charge in [0.1, 0.15) is 0 Å². The van der Waals surface area contributed by atoms with Crippen molar-refractivity contribution in [1.82, 2.24) is 14.9 Å². The van der Waals surface area contributed by atoms with Crippen LogP contribution in [-0.2, 0) is 6.42 Å². The molecule has 1 aromatic rings. The average Bonchev–Trinajstić information content (AvgIpc) is 2.97. The van der Waals surface area contributed by atoms with Gasteiger partial charge in [-0.25, -0.2) is 9.97 Å². The summed E-state index contributed by atoms with van der Waals surface area (Å²) in [7, 11) is 0. The Hall–Kier alpha value is -1.37. The van der Waals surface area contributed by atoms with Crippen LogP contribution >= 0.6 is 0 Å². The minimum atomic E-state index is -4.14. The van der Waals surface area contributed by atoms with Gasteiger partial charge in [-0.15, -0.1) is 0 Å². The summed E-state index contributed by atoms with van der Waals surface area (Å²) >= 11 is 0. The molecule has 0 amide bonds. The van der Waals surface area contributed by atoms with E-state index in [9.17, 15) is 13.2 Å². The third-order valence-electron chi connectivity index (χ3n) is 5.02. The molecule has 0 radical (unpaired) electrons. The summed E-state index contributed by atoms with van der Waals surface area (Å²) in [5.41, 5.74) is 0.467. The Morgan fingerprint density at radius 2 is 1.83 bits per heavy atom. The highest BCUT2D eigenvalue weighted by Crippen LogP contribution is 2.25. The van der Waals surface area contributed by atoms with Gasteiger partial charge in [-0.2, -0.15) is 13.2 Å². The SMILES string of the molecule is FC(F)(F)CCc1ccnc(N2CCCN(C3CCCC3)CC2)n1. The van der Waals surface area contributed by atoms with Crippen LogP contribution in [0.15, 0.2) is 12.3 Å². The van der Waals surface area contributed by atoms with Crippen LogP contribution in [-0.4, -0.2) is 53.3 Å². The van der Waals surface area contributed by atoms with Crippen LogP contribution in [0, 0.1) is 0 Å². The Morgan fingerprint density at radius 1 is 1.04 bits per heavy atom. The molecule has 0 N–H and O–H groups in total. The van der Waals surface area contributed by atoms with E-state index >= 15 is 0 Å². The highest BCUT2D eigenvalue weighted by molar-refractivity contribution is 5.30. The maximum absolute atomic E-state index is 12.4. The first kappa shape index (κ1) is 17.5. The van der Waals surface area contributed by atoms with Crippen molar-refractivity contribution in [3.05, 3.63) is 18.0 Å². The molecular weight excluding hydrogens is 317 g/mol. The van der Waals surface area contributed by atoms with Crippen molar-refractivity contribution in [2.75, 3.05) is 31.1 Å². The van der Waals surface area contributed by atoms with E-state index in [0.717, 1.165) is 32.6 Å². The fourth-order valence-electron chi connectivity index (χ4n) is 3.72. The zero-order chi connectivity index (χ0) is 17.0. The molecule has 0 aromatic carbocycles. The van der Waals surface area contributed by atoms with E-state index in [1.165, 1.54) is 25.7 Å². The first-order valence-electron chi connectivity index (χ1n) is 8.89. The largest absolute Gasteiger partial charge is 0.389 e. The van der Waals surface area contributed by atoms with Crippen LogP contribution in [0.5, 0.6) is 0 Å². The lowest BCUT2D eigenvalue weighted by Crippen LogP contribution is -2.37. The molecule has 1 aromatic heterocycles. The van der Waals surface area contributed by atoms with Crippen molar-refractivity contribution in [2.45, 2.75) is 57.2 Å². The molecule has 1 aliphatic carbocycles. The number of aromatic nitrogens is 2. The lowest BCUT2D eigenvalue weighted by atomic mass is 10.2. The molecule has 0 bridgehead atoms. The van der Waals surface area contributed by atoms with Crippen molar-refractivity contribution < 1.29 is 13.2 Å². The topological polar surface area (TPSA) is 32.3 Å². The predicted molar refractivity (Wildman–Crippen MR) is 87.1 cm³/mol. The highest BCUT2D eigenvalue weighted by atomic mass is 19.4. The van der Waals surface area contributed by atoms with Crippen molar-refractivity contribution in [2.24, 2.45) is 0 Å². The number of nitrogens with zero attached hydrogens (tertiary/aromatic N) is 4. The Morgan fingerprint density at radius 3 is 2.58 bits per heavy atom. The third-order valence-corrected chi connectivity index (χ3v) is 5.02. The number of hydrogen-bond donors (Lipinski definition) is 0. The first-order chi connectivity index (χ1) is 11.5. The minimum Gasteiger partial charge on any atom is -0.339 e. The molecule has 1 saturated heterocycles. The maximum atomic E-state index is 12.4. The second-order valence-electron chi connectivity index (χ2n) is 6.78. The van der Waals surface area contributed by atoms with Gasteiger partial charge in [0.05, 0.1) is 0 Å². The van der Waals surface area contributed by atoms with E-state index in [4.69, 9.17) is 0 Å². The third kappa shape index (κ3) is 4.82. The molecule has 0 atom stereocenters. The van der Waals surface area contributed by atoms with Gasteiger partial charge in [0, 0.05) is 50.5 Å². The van der Waals surface area contributed by atoms with Crippen molar-refractivity contribution >= 4 is 5.95 Å². The van der Waals surface area contributed by atoms with Crippen LogP contribution in [0.4, 0.5) is 19.1 Å². The molecule has 2 heterocycles. The van der Waals surface area contributed by atoms with Crippen molar-refractivity contribution in [3.8, 4) is 0 Å². The average molecular weight is 342 g/mol. The normalized spacial score (nSPS) is 21.2. The lowest BCUT2D eigenvalue weighted by Gasteiger charge is -2.27. The summed E-state index contributed by atoms with van der Waals surface area (Å²) in [6.07, 6.45) is 2.81. The fraction of sp³-hybridized carbons (Fsp3) is 0.765. The van der Waals surface area contributed by atoms with Crippen molar-refractivity contribution in [3.63, 3.8) is 0 Å². The van der Waals surface area contributed by atoms with Crippen LogP contribution in [0.3, 0.4) is 0 Å². The fourth-order valence-corrected chi connectivity index (χ4v) is 3.72. The van der Waals surface area contributed by atoms with Crippen molar-refractivity contribution in [1.29, 1.82) is 0 Å². The molecule has 0 spiro atoms. The molecule has 4 nitrogen and oxygen atoms in total. The summed E-state index contributed by atoms with van der Waals surface area (Å²) in [4.78, 5) is 13.3. The number of aryl methyl sites for hydroxylation is 1. The molecule has 2 aliphatic rings. The molecule has 1 saturated carbocycles. The Bertz CT molecular complexity index is 529. The van der Waals surface area contributed by atoms with Gasteiger partial charge in [-0.05, 0) is 31.7 Å². The number of anilines is 1. The number of halogens is 3. The molecule has 7 heteroatoms. The van der Waals surface area contributed by atoms with E-state index in [1.54, 1.807) is 12.3 Å². The summed E-state index contributed by atoms with van der Waals surface area (Å²) in [6.45, 7) is 3.79. The van der Waals surface area contributed by atoms with Gasteiger partial charge in [-0.1, -0.05) is 12.8 Å². The first-order valence-corrected chi connectivity index (χ1v) is 8.89. The molecule has 24 heavy (non-hydrogen) atoms. The van der Waals surface area contributed by atoms with Crippen LogP contribution in [0.2, 0.25) is 0 Å². The molecular formula is C17H25F3N4. The van der Waals surface area contributed by atoms with E-state index in [1.807, 2.05) is 0 Å². The quantitative estimate of drug-likeness (QED) is 0.839. The van der Waals surface area contributed by atoms with Gasteiger partial charge in [0.15, 0.2) is 0 Å². The van der Waals surface area contributed by atoms with E-state index in [-0.39, 0.29) is 6.42 Å². The second-order valence-corrected chi connectivity index (χ2v) is 6.78. The predicted octanol–water partition coefficient (Wildman–Crippen LogP) is 3.43. The minimum absolute atomic E-state index is 0.0823. The summed E-state index contributed by atoms with van der Waals surface area (Å²) in [5, 5.41) is 0. The molecule has 134 valence electrons. The standard InChI is InChI=1S/C17H25F3N4/c18-17(19,20)8-6-14-7-9-21-16(22-14)24-11-3-10-23(12-13-24)15-4-1-2-5-15/h7,9,15H,1-6,8,10-13H2. The Balaban J connectivity index is 1.59. The van der Waals surface area contributed by atoms with E-state index < -0.39 is 12.6 Å². The van der Waals surface area contributed by atoms with Gasteiger partial charge >= 0.3 is 6.18 Å². The van der Waals surface area contributed by atoms with Gasteiger partial charge in [-0.3, -0.25) is 4.90 Å². The smallest absolute Gasteiger partial charge is 0.339 e. The zero-order valence-electron chi connectivity index (χ0n) is 13.9. The van der Waals surface area contributed by atoms with Gasteiger partial charge in [0.25, 0.3) is 0 Å². The van der Waals surface area contributed by atoms with Gasteiger partial charge < -0.3 is 4.90 Å². The number of alkyl halides is 3. The van der Waals surface area contributed by atoms with E-state index in [2.05, 4.69) is 19.8 Å². The highest BCUT2D eigenvalue weighted by Gasteiger charge is 2.27. The Kier molecular flexibility index (Phi) is 5.58. The summed E-state index contributed by atoms with van der Waals surface area (Å²) < 4.78 is 37.1. The monoisotopic (exact) mass is 342 g/mol. The lowest BCUT2D eigenvalue weighted by molar-refractivity contribution is -0.134. The second kappa shape index (κ2) is 7.68. The Labute approximate surface area is 141 Å². The molecule has 3 rings (SSSR count). The van der Waals surface area contributed by atoms with Crippen LogP contribution in [0.1, 0.15) is 44.2 Å². The molecule has 0 unspecified atom stereocenters. The number of hydrogen-bond acceptors (Lipinski definition) is 4. The summed E-state index contributed by atoms with van der Waals surface area (Å²) in [6, 6.07) is 2.29. The maximum Gasteiger partial charge on any atom is 0.389 e. The number of rotatable bonds is 4. The zero-order valence-corrected chi connectivity index (χ0v) is 13.9. The van der Waals surface area contributed by atoms with Gasteiger partial charge in [0.2, 0.25) is 5.95 Å². The molecule has 1 aliphatic heterocycles. The van der Waals surface area contributed by atoms with E-state index in [0.29, 0.717) is 17.7 Å². The van der Waals surface area contributed by atoms with Crippen LogP contribution in [0.25, 0.3) is 0 Å².